The van der Waals surface area contributed by atoms with Crippen molar-refractivity contribution in [1.82, 2.24) is 9.80 Å². The van der Waals surface area contributed by atoms with Crippen LogP contribution < -0.4 is 0 Å². The van der Waals surface area contributed by atoms with E-state index in [1.54, 1.807) is 36.0 Å². The number of carbonyl (C=O) groups excluding carboxylic acids is 2. The zero-order valence-electron chi connectivity index (χ0n) is 14.4. The van der Waals surface area contributed by atoms with Crippen molar-refractivity contribution in [2.45, 2.75) is 65.2 Å². The first-order chi connectivity index (χ1) is 10.5. The van der Waals surface area contributed by atoms with Crippen LogP contribution in [-0.2, 0) is 9.59 Å². The molecule has 2 amide bonds. The maximum absolute atomic E-state index is 11.2. The molecular formula is C18H32N2O2. The minimum atomic E-state index is 0.0640. The first-order valence-electron chi connectivity index (χ1n) is 8.32. The normalized spacial score (nSPS) is 10.1. The van der Waals surface area contributed by atoms with Crippen molar-refractivity contribution in [3.63, 3.8) is 0 Å². The summed E-state index contributed by atoms with van der Waals surface area (Å²) in [6.07, 6.45) is 12.5. The highest BCUT2D eigenvalue weighted by Gasteiger charge is 2.04. The number of hydrogen-bond donors (Lipinski definition) is 0. The Balaban J connectivity index is 3.40. The predicted octanol–water partition coefficient (Wildman–Crippen LogP) is 4.09. The molecule has 0 rings (SSSR count). The highest BCUT2D eigenvalue weighted by Crippen LogP contribution is 2.10. The lowest BCUT2D eigenvalue weighted by Crippen LogP contribution is -2.23. The zero-order chi connectivity index (χ0) is 16.8. The molecule has 0 unspecified atom stereocenters. The first kappa shape index (κ1) is 20.4. The summed E-state index contributed by atoms with van der Waals surface area (Å²) in [5.41, 5.74) is 0. The zero-order valence-corrected chi connectivity index (χ0v) is 14.4. The minimum Gasteiger partial charge on any atom is -0.320 e. The lowest BCUT2D eigenvalue weighted by Gasteiger charge is -2.15. The maximum Gasteiger partial charge on any atom is 0.223 e. The number of rotatable bonds is 13. The van der Waals surface area contributed by atoms with Crippen LogP contribution in [-0.4, -0.2) is 34.7 Å². The van der Waals surface area contributed by atoms with Crippen molar-refractivity contribution in [2.24, 2.45) is 0 Å². The van der Waals surface area contributed by atoms with Crippen LogP contribution in [0.5, 0.6) is 0 Å². The van der Waals surface area contributed by atoms with Gasteiger partial charge in [0.15, 0.2) is 0 Å². The summed E-state index contributed by atoms with van der Waals surface area (Å²) >= 11 is 0. The summed E-state index contributed by atoms with van der Waals surface area (Å²) in [5.74, 6) is 0.128. The van der Waals surface area contributed by atoms with E-state index in [9.17, 15) is 9.59 Å². The Morgan fingerprint density at radius 2 is 0.955 bits per heavy atom. The molecule has 0 aromatic carbocycles. The van der Waals surface area contributed by atoms with Crippen LogP contribution in [0.2, 0.25) is 0 Å². The van der Waals surface area contributed by atoms with Crippen molar-refractivity contribution in [2.75, 3.05) is 13.1 Å². The Morgan fingerprint density at radius 3 is 1.18 bits per heavy atom. The third kappa shape index (κ3) is 10.2. The summed E-state index contributed by atoms with van der Waals surface area (Å²) in [6, 6.07) is 0. The van der Waals surface area contributed by atoms with Gasteiger partial charge in [-0.1, -0.05) is 51.7 Å². The van der Waals surface area contributed by atoms with Crippen LogP contribution in [0.4, 0.5) is 0 Å². The van der Waals surface area contributed by atoms with Gasteiger partial charge in [-0.15, -0.1) is 0 Å². The maximum atomic E-state index is 11.2. The monoisotopic (exact) mass is 308 g/mol. The van der Waals surface area contributed by atoms with Crippen LogP contribution in [0, 0.1) is 0 Å². The molecule has 4 nitrogen and oxygen atoms in total. The molecule has 0 bridgehead atoms. The molecule has 22 heavy (non-hydrogen) atoms. The molecule has 126 valence electrons. The molecule has 0 saturated heterocycles. The summed E-state index contributed by atoms with van der Waals surface area (Å²) in [5, 5.41) is 0. The SMILES string of the molecule is C=CN(CCCCCCCCCCN(C=C)C(C)=O)C(C)=O. The third-order valence-corrected chi connectivity index (χ3v) is 3.80. The van der Waals surface area contributed by atoms with Crippen molar-refractivity contribution in [3.8, 4) is 0 Å². The molecule has 0 aliphatic heterocycles. The van der Waals surface area contributed by atoms with Crippen LogP contribution >= 0.6 is 0 Å². The van der Waals surface area contributed by atoms with Crippen molar-refractivity contribution >= 4 is 11.8 Å². The van der Waals surface area contributed by atoms with E-state index in [0.29, 0.717) is 0 Å². The van der Waals surface area contributed by atoms with Gasteiger partial charge in [0.05, 0.1) is 0 Å². The van der Waals surface area contributed by atoms with Gasteiger partial charge in [0.25, 0.3) is 0 Å². The quantitative estimate of drug-likeness (QED) is 0.481. The number of nitrogens with zero attached hydrogens (tertiary/aromatic N) is 2. The molecule has 0 heterocycles. The summed E-state index contributed by atoms with van der Waals surface area (Å²) < 4.78 is 0. The van der Waals surface area contributed by atoms with Gasteiger partial charge in [-0.05, 0) is 25.2 Å². The second kappa shape index (κ2) is 13.1. The Hall–Kier alpha value is -1.58. The van der Waals surface area contributed by atoms with E-state index in [1.165, 1.54) is 25.7 Å². The van der Waals surface area contributed by atoms with Crippen molar-refractivity contribution in [3.05, 3.63) is 25.6 Å². The fourth-order valence-electron chi connectivity index (χ4n) is 2.38. The van der Waals surface area contributed by atoms with E-state index >= 15 is 0 Å². The van der Waals surface area contributed by atoms with Crippen LogP contribution in [0.3, 0.4) is 0 Å². The van der Waals surface area contributed by atoms with Crippen molar-refractivity contribution < 1.29 is 9.59 Å². The summed E-state index contributed by atoms with van der Waals surface area (Å²) in [7, 11) is 0. The fourth-order valence-corrected chi connectivity index (χ4v) is 2.38. The van der Waals surface area contributed by atoms with E-state index in [1.807, 2.05) is 0 Å². The first-order valence-corrected chi connectivity index (χ1v) is 8.32. The van der Waals surface area contributed by atoms with Gasteiger partial charge in [0, 0.05) is 26.9 Å². The highest BCUT2D eigenvalue weighted by atomic mass is 16.2. The topological polar surface area (TPSA) is 40.6 Å². The molecule has 0 aliphatic carbocycles. The van der Waals surface area contributed by atoms with Crippen LogP contribution in [0.15, 0.2) is 25.6 Å². The molecule has 0 N–H and O–H groups in total. The molecule has 0 saturated carbocycles. The second-order valence-corrected chi connectivity index (χ2v) is 5.62. The van der Waals surface area contributed by atoms with E-state index in [-0.39, 0.29) is 11.8 Å². The Kier molecular flexibility index (Phi) is 12.2. The van der Waals surface area contributed by atoms with E-state index in [4.69, 9.17) is 0 Å². The van der Waals surface area contributed by atoms with E-state index in [0.717, 1.165) is 38.8 Å². The van der Waals surface area contributed by atoms with Gasteiger partial charge >= 0.3 is 0 Å². The predicted molar refractivity (Wildman–Crippen MR) is 92.1 cm³/mol. The summed E-state index contributed by atoms with van der Waals surface area (Å²) in [4.78, 5) is 25.7. The van der Waals surface area contributed by atoms with E-state index in [2.05, 4.69) is 13.2 Å². The number of hydrogen-bond acceptors (Lipinski definition) is 2. The Labute approximate surface area is 135 Å². The average Bonchev–Trinajstić information content (AvgIpc) is 2.47. The molecule has 0 spiro atoms. The second-order valence-electron chi connectivity index (χ2n) is 5.62. The Bertz CT molecular complexity index is 319. The standard InChI is InChI=1S/C18H32N2O2/c1-5-19(17(3)21)15-13-11-9-7-8-10-12-14-16-20(6-2)18(4)22/h5-6H,1-2,7-16H2,3-4H3. The highest BCUT2D eigenvalue weighted by molar-refractivity contribution is 5.74. The average molecular weight is 308 g/mol. The molecule has 0 aromatic rings. The Morgan fingerprint density at radius 1 is 0.682 bits per heavy atom. The molecule has 4 heteroatoms. The molecule has 0 aromatic heterocycles. The number of amides is 2. The molecule has 0 atom stereocenters. The van der Waals surface area contributed by atoms with Gasteiger partial charge in [-0.2, -0.15) is 0 Å². The van der Waals surface area contributed by atoms with Crippen molar-refractivity contribution in [1.29, 1.82) is 0 Å². The van der Waals surface area contributed by atoms with Gasteiger partial charge < -0.3 is 9.80 Å². The lowest BCUT2D eigenvalue weighted by atomic mass is 10.1. The molecule has 0 radical (unpaired) electrons. The van der Waals surface area contributed by atoms with Gasteiger partial charge in [-0.3, -0.25) is 9.59 Å². The molecule has 0 fully saturated rings. The van der Waals surface area contributed by atoms with Crippen LogP contribution in [0.1, 0.15) is 65.2 Å². The fraction of sp³-hybridized carbons (Fsp3) is 0.667. The van der Waals surface area contributed by atoms with Crippen LogP contribution in [0.25, 0.3) is 0 Å². The molecular weight excluding hydrogens is 276 g/mol. The smallest absolute Gasteiger partial charge is 0.223 e. The van der Waals surface area contributed by atoms with Gasteiger partial charge in [0.1, 0.15) is 0 Å². The van der Waals surface area contributed by atoms with Gasteiger partial charge in [-0.25, -0.2) is 0 Å². The lowest BCUT2D eigenvalue weighted by molar-refractivity contribution is -0.127. The van der Waals surface area contributed by atoms with E-state index < -0.39 is 0 Å². The minimum absolute atomic E-state index is 0.0640. The largest absolute Gasteiger partial charge is 0.320 e. The third-order valence-electron chi connectivity index (χ3n) is 3.80. The number of unbranched alkanes of at least 4 members (excludes halogenated alkanes) is 7. The van der Waals surface area contributed by atoms with Gasteiger partial charge in [0.2, 0.25) is 11.8 Å². The molecule has 0 aliphatic rings. The number of carbonyl (C=O) groups is 2. The summed E-state index contributed by atoms with van der Waals surface area (Å²) in [6.45, 7) is 12.0.